The van der Waals surface area contributed by atoms with Crippen molar-refractivity contribution in [2.24, 2.45) is 0 Å². The van der Waals surface area contributed by atoms with Crippen molar-refractivity contribution in [3.8, 4) is 0 Å². The third kappa shape index (κ3) is 56.4. The molecule has 0 aromatic rings. The van der Waals surface area contributed by atoms with Crippen LogP contribution in [0.2, 0.25) is 0 Å². The number of unbranched alkanes of at least 4 members (excludes halogenated alkanes) is 11. The molecule has 0 aliphatic heterocycles. The van der Waals surface area contributed by atoms with Crippen molar-refractivity contribution in [3.05, 3.63) is 12.2 Å². The van der Waals surface area contributed by atoms with Gasteiger partial charge in [-0.15, -0.1) is 0 Å². The van der Waals surface area contributed by atoms with Crippen molar-refractivity contribution in [1.82, 2.24) is 0 Å². The summed E-state index contributed by atoms with van der Waals surface area (Å²) in [6.45, 7) is -3.00. The van der Waals surface area contributed by atoms with Crippen LogP contribution in [0, 0.1) is 0 Å². The minimum absolute atomic E-state index is 0.332. The molecule has 0 bridgehead atoms. The summed E-state index contributed by atoms with van der Waals surface area (Å²) in [4.78, 5) is 10.3. The summed E-state index contributed by atoms with van der Waals surface area (Å²) in [6.07, 6.45) is 9.02. The molecule has 0 aliphatic carbocycles. The Morgan fingerprint density at radius 2 is 0.517 bits per heavy atom. The molecule has 368 valence electrons. The Balaban J connectivity index is -0.000000155. The van der Waals surface area contributed by atoms with Crippen LogP contribution in [0.3, 0.4) is 0 Å². The van der Waals surface area contributed by atoms with Gasteiger partial charge in [-0.1, -0.05) is 70.4 Å². The SMILES string of the molecule is CCCCCCCCC=CCCCCCCCC(=O)O.OC[C@@H](O)[C@@H](O)CO.OC[C@@H](O)[C@@H](O)CO.OC[C@@H](O)[C@@H](O)CO.OC[C@@H](O)[C@@H](O)CO.OC[C@@H](O)[C@@H](O)CO. The van der Waals surface area contributed by atoms with E-state index in [4.69, 9.17) is 107 Å². The summed E-state index contributed by atoms with van der Waals surface area (Å²) in [6, 6.07) is 0. The molecule has 22 heteroatoms. The highest BCUT2D eigenvalue weighted by Gasteiger charge is 2.15. The predicted molar refractivity (Wildman–Crippen MR) is 218 cm³/mol. The molecule has 0 unspecified atom stereocenters. The van der Waals surface area contributed by atoms with Crippen molar-refractivity contribution in [3.63, 3.8) is 0 Å². The molecular formula is C38H84O22. The summed E-state index contributed by atoms with van der Waals surface area (Å²) in [5, 5.41) is 174. The van der Waals surface area contributed by atoms with Gasteiger partial charge in [0.1, 0.15) is 61.0 Å². The summed E-state index contributed by atoms with van der Waals surface area (Å²) in [5.74, 6) is -0.664. The quantitative estimate of drug-likeness (QED) is 0.0236. The van der Waals surface area contributed by atoms with Gasteiger partial charge in [0.25, 0.3) is 0 Å². The number of aliphatic hydroxyl groups excluding tert-OH is 20. The molecule has 21 N–H and O–H groups in total. The Morgan fingerprint density at radius 3 is 0.700 bits per heavy atom. The van der Waals surface area contributed by atoms with E-state index in [1.807, 2.05) is 0 Å². The number of carboxylic acids is 1. The third-order valence-electron chi connectivity index (χ3n) is 7.74. The standard InChI is InChI=1S/C18H34O2.5C4H10O4/c1-2-3-4-5-6-7-8-9-10-11-12-13-14-15-16-17-18(19)20;5*5-1-3(7)4(8)2-6/h9-10H,2-8,11-17H2,1H3,(H,19,20);5*3-8H,1-2H2/t;5*3-,4+. The zero-order valence-electron chi connectivity index (χ0n) is 35.2. The number of aliphatic carboxylic acids is 1. The van der Waals surface area contributed by atoms with E-state index in [9.17, 15) is 4.79 Å². The van der Waals surface area contributed by atoms with Crippen molar-refractivity contribution in [1.29, 1.82) is 0 Å². The molecule has 60 heavy (non-hydrogen) atoms. The van der Waals surface area contributed by atoms with Crippen LogP contribution in [0.1, 0.15) is 96.8 Å². The fourth-order valence-corrected chi connectivity index (χ4v) is 3.56. The first kappa shape index (κ1) is 70.1. The molecule has 0 fully saturated rings. The second-order valence-corrected chi connectivity index (χ2v) is 13.2. The van der Waals surface area contributed by atoms with Gasteiger partial charge >= 0.3 is 5.97 Å². The van der Waals surface area contributed by atoms with Gasteiger partial charge in [-0.05, 0) is 32.1 Å². The highest BCUT2D eigenvalue weighted by Crippen LogP contribution is 2.10. The summed E-state index contributed by atoms with van der Waals surface area (Å²) >= 11 is 0. The Labute approximate surface area is 353 Å². The molecule has 10 atom stereocenters. The summed E-state index contributed by atoms with van der Waals surface area (Å²) < 4.78 is 0. The van der Waals surface area contributed by atoms with E-state index < -0.39 is 133 Å². The smallest absolute Gasteiger partial charge is 0.303 e. The molecule has 0 saturated carbocycles. The number of carboxylic acid groups (broad SMARTS) is 1. The lowest BCUT2D eigenvalue weighted by molar-refractivity contribution is -0.137. The Bertz CT molecular complexity index is 699. The molecule has 0 saturated heterocycles. The topological polar surface area (TPSA) is 442 Å². The zero-order chi connectivity index (χ0) is 47.7. The maximum Gasteiger partial charge on any atom is 0.303 e. The van der Waals surface area contributed by atoms with E-state index in [1.165, 1.54) is 70.6 Å². The van der Waals surface area contributed by atoms with E-state index in [-0.39, 0.29) is 0 Å². The van der Waals surface area contributed by atoms with Gasteiger partial charge in [-0.2, -0.15) is 0 Å². The van der Waals surface area contributed by atoms with Crippen LogP contribution in [0.25, 0.3) is 0 Å². The van der Waals surface area contributed by atoms with Crippen LogP contribution in [0.5, 0.6) is 0 Å². The number of aliphatic hydroxyl groups is 20. The highest BCUT2D eigenvalue weighted by molar-refractivity contribution is 5.66. The lowest BCUT2D eigenvalue weighted by Crippen LogP contribution is -2.31. The van der Waals surface area contributed by atoms with Crippen LogP contribution in [0.4, 0.5) is 0 Å². The third-order valence-corrected chi connectivity index (χ3v) is 7.74. The first-order valence-electron chi connectivity index (χ1n) is 20.1. The average Bonchev–Trinajstić information content (AvgIpc) is 3.28. The molecule has 0 aromatic heterocycles. The number of allylic oxidation sites excluding steroid dienone is 2. The summed E-state index contributed by atoms with van der Waals surface area (Å²) in [7, 11) is 0. The first-order chi connectivity index (χ1) is 28.4. The zero-order valence-corrected chi connectivity index (χ0v) is 35.2. The number of carbonyl (C=O) groups is 1. The Morgan fingerprint density at radius 1 is 0.333 bits per heavy atom. The molecule has 0 amide bonds. The van der Waals surface area contributed by atoms with E-state index in [1.54, 1.807) is 0 Å². The normalized spacial score (nSPS) is 15.8. The summed E-state index contributed by atoms with van der Waals surface area (Å²) in [5.41, 5.74) is 0. The minimum Gasteiger partial charge on any atom is -0.481 e. The number of hydrogen-bond acceptors (Lipinski definition) is 21. The van der Waals surface area contributed by atoms with Crippen LogP contribution in [-0.4, -0.2) is 240 Å². The molecular weight excluding hydrogens is 808 g/mol. The van der Waals surface area contributed by atoms with Crippen molar-refractivity contribution >= 4 is 5.97 Å². The minimum atomic E-state index is -1.22. The average molecular weight is 893 g/mol. The Hall–Kier alpha value is -1.59. The van der Waals surface area contributed by atoms with Gasteiger partial charge in [-0.3, -0.25) is 4.79 Å². The van der Waals surface area contributed by atoms with Crippen LogP contribution < -0.4 is 0 Å². The maximum absolute atomic E-state index is 10.3. The predicted octanol–water partition coefficient (Wildman–Crippen LogP) is -5.43. The van der Waals surface area contributed by atoms with E-state index in [0.717, 1.165) is 12.8 Å². The van der Waals surface area contributed by atoms with E-state index in [0.29, 0.717) is 6.42 Å². The van der Waals surface area contributed by atoms with Gasteiger partial charge in [0.05, 0.1) is 66.1 Å². The second kappa shape index (κ2) is 55.4. The molecule has 0 aliphatic rings. The van der Waals surface area contributed by atoms with Crippen LogP contribution in [0.15, 0.2) is 12.2 Å². The maximum atomic E-state index is 10.3. The first-order valence-corrected chi connectivity index (χ1v) is 20.1. The van der Waals surface area contributed by atoms with Crippen molar-refractivity contribution in [2.45, 2.75) is 158 Å². The molecule has 0 heterocycles. The number of rotatable bonds is 30. The van der Waals surface area contributed by atoms with Gasteiger partial charge in [0.2, 0.25) is 0 Å². The second-order valence-electron chi connectivity index (χ2n) is 13.2. The van der Waals surface area contributed by atoms with Crippen molar-refractivity contribution in [2.75, 3.05) is 66.1 Å². The van der Waals surface area contributed by atoms with Gasteiger partial charge in [0, 0.05) is 6.42 Å². The molecule has 0 aromatic carbocycles. The molecule has 22 nitrogen and oxygen atoms in total. The molecule has 0 spiro atoms. The van der Waals surface area contributed by atoms with Crippen LogP contribution in [-0.2, 0) is 4.79 Å². The van der Waals surface area contributed by atoms with Gasteiger partial charge in [0.15, 0.2) is 0 Å². The molecule has 0 rings (SSSR count). The fraction of sp³-hybridized carbons (Fsp3) is 0.921. The molecule has 0 radical (unpaired) electrons. The number of hydrogen-bond donors (Lipinski definition) is 21. The highest BCUT2D eigenvalue weighted by atomic mass is 16.4. The lowest BCUT2D eigenvalue weighted by Gasteiger charge is -2.10. The largest absolute Gasteiger partial charge is 0.481 e. The monoisotopic (exact) mass is 893 g/mol. The van der Waals surface area contributed by atoms with Gasteiger partial charge in [-0.25, -0.2) is 0 Å². The van der Waals surface area contributed by atoms with E-state index >= 15 is 0 Å². The lowest BCUT2D eigenvalue weighted by atomic mass is 10.1. The van der Waals surface area contributed by atoms with Crippen LogP contribution >= 0.6 is 0 Å². The van der Waals surface area contributed by atoms with Gasteiger partial charge < -0.3 is 107 Å². The van der Waals surface area contributed by atoms with Crippen molar-refractivity contribution < 1.29 is 112 Å². The fourth-order valence-electron chi connectivity index (χ4n) is 3.56. The Kier molecular flexibility index (Phi) is 64.7. The van der Waals surface area contributed by atoms with E-state index in [2.05, 4.69) is 19.1 Å².